The normalized spacial score (nSPS) is 25.6. The predicted molar refractivity (Wildman–Crippen MR) is 81.2 cm³/mol. The smallest absolute Gasteiger partial charge is 0.412 e. The van der Waals surface area contributed by atoms with Gasteiger partial charge in [-0.15, -0.1) is 0 Å². The number of carbonyl (C=O) groups excluding carboxylic acids is 1. The van der Waals surface area contributed by atoms with Crippen molar-refractivity contribution in [3.63, 3.8) is 0 Å². The van der Waals surface area contributed by atoms with Gasteiger partial charge in [0.15, 0.2) is 11.4 Å². The average molecular weight is 343 g/mol. The van der Waals surface area contributed by atoms with Crippen molar-refractivity contribution in [2.45, 2.75) is 25.9 Å². The van der Waals surface area contributed by atoms with Gasteiger partial charge in [0.1, 0.15) is 0 Å². The highest BCUT2D eigenvalue weighted by Crippen LogP contribution is 2.49. The van der Waals surface area contributed by atoms with Gasteiger partial charge in [0, 0.05) is 13.0 Å². The van der Waals surface area contributed by atoms with E-state index in [1.165, 1.54) is 12.1 Å². The molecule has 3 rings (SSSR count). The Balaban J connectivity index is 2.20. The standard InChI is InChI=1S/C15H16ClFN2O4/c1-14(2)5-15(7-19(6-14)13(21)22)10-9(18-12(20)23-15)4-3-8(16)11(10)17/h3-4H,5-7H2,1-2H3,(H,18,20)(H,21,22). The van der Waals surface area contributed by atoms with E-state index >= 15 is 0 Å². The van der Waals surface area contributed by atoms with Crippen molar-refractivity contribution < 1.29 is 23.8 Å². The van der Waals surface area contributed by atoms with Crippen LogP contribution in [0.3, 0.4) is 0 Å². The summed E-state index contributed by atoms with van der Waals surface area (Å²) in [5, 5.41) is 11.7. The summed E-state index contributed by atoms with van der Waals surface area (Å²) >= 11 is 5.88. The molecule has 1 spiro atoms. The zero-order chi connectivity index (χ0) is 17.0. The second-order valence-corrected chi connectivity index (χ2v) is 7.18. The third-order valence-electron chi connectivity index (χ3n) is 4.18. The van der Waals surface area contributed by atoms with Crippen LogP contribution in [0.1, 0.15) is 25.8 Å². The van der Waals surface area contributed by atoms with Crippen molar-refractivity contribution in [1.29, 1.82) is 0 Å². The molecule has 2 heterocycles. The maximum absolute atomic E-state index is 14.7. The van der Waals surface area contributed by atoms with Crippen LogP contribution in [-0.4, -0.2) is 35.3 Å². The molecule has 1 fully saturated rings. The summed E-state index contributed by atoms with van der Waals surface area (Å²) in [6.07, 6.45) is -1.58. The van der Waals surface area contributed by atoms with E-state index in [4.69, 9.17) is 16.3 Å². The summed E-state index contributed by atoms with van der Waals surface area (Å²) in [4.78, 5) is 24.5. The minimum Gasteiger partial charge on any atom is -0.465 e. The van der Waals surface area contributed by atoms with Gasteiger partial charge in [-0.1, -0.05) is 25.4 Å². The molecule has 0 aromatic heterocycles. The first-order valence-electron chi connectivity index (χ1n) is 7.10. The molecule has 0 radical (unpaired) electrons. The second-order valence-electron chi connectivity index (χ2n) is 6.77. The number of benzene rings is 1. The molecule has 0 bridgehead atoms. The van der Waals surface area contributed by atoms with Crippen LogP contribution < -0.4 is 5.32 Å². The minimum atomic E-state index is -1.40. The SMILES string of the molecule is CC1(C)CN(C(=O)O)CC2(C1)OC(=O)Nc1ccc(Cl)c(F)c12. The van der Waals surface area contributed by atoms with Crippen molar-refractivity contribution in [3.05, 3.63) is 28.5 Å². The van der Waals surface area contributed by atoms with Crippen molar-refractivity contribution in [2.24, 2.45) is 5.41 Å². The van der Waals surface area contributed by atoms with Gasteiger partial charge in [-0.05, 0) is 17.5 Å². The van der Waals surface area contributed by atoms with Gasteiger partial charge < -0.3 is 14.7 Å². The number of anilines is 1. The van der Waals surface area contributed by atoms with E-state index < -0.39 is 29.0 Å². The molecule has 1 aromatic carbocycles. The van der Waals surface area contributed by atoms with E-state index in [1.807, 2.05) is 13.8 Å². The lowest BCUT2D eigenvalue weighted by Gasteiger charge is -2.50. The Bertz CT molecular complexity index is 709. The van der Waals surface area contributed by atoms with Gasteiger partial charge in [-0.3, -0.25) is 5.32 Å². The third-order valence-corrected chi connectivity index (χ3v) is 4.47. The molecule has 6 nitrogen and oxygen atoms in total. The number of hydrogen-bond acceptors (Lipinski definition) is 3. The molecule has 1 unspecified atom stereocenters. The van der Waals surface area contributed by atoms with Crippen LogP contribution in [0, 0.1) is 11.2 Å². The van der Waals surface area contributed by atoms with E-state index in [2.05, 4.69) is 5.32 Å². The fourth-order valence-electron chi connectivity index (χ4n) is 3.60. The number of piperidine rings is 1. The van der Waals surface area contributed by atoms with Crippen molar-refractivity contribution in [3.8, 4) is 0 Å². The Labute approximate surface area is 137 Å². The number of fused-ring (bicyclic) bond motifs is 2. The van der Waals surface area contributed by atoms with Crippen LogP contribution in [0.15, 0.2) is 12.1 Å². The fourth-order valence-corrected chi connectivity index (χ4v) is 3.76. The number of carbonyl (C=O) groups is 2. The average Bonchev–Trinajstić information content (AvgIpc) is 2.40. The Morgan fingerprint density at radius 1 is 1.43 bits per heavy atom. The zero-order valence-electron chi connectivity index (χ0n) is 12.7. The summed E-state index contributed by atoms with van der Waals surface area (Å²) in [6.45, 7) is 3.83. The molecule has 8 heteroatoms. The summed E-state index contributed by atoms with van der Waals surface area (Å²) in [7, 11) is 0. The molecule has 124 valence electrons. The highest BCUT2D eigenvalue weighted by Gasteiger charge is 2.53. The Morgan fingerprint density at radius 2 is 2.13 bits per heavy atom. The number of carboxylic acid groups (broad SMARTS) is 1. The van der Waals surface area contributed by atoms with Crippen LogP contribution >= 0.6 is 11.6 Å². The predicted octanol–water partition coefficient (Wildman–Crippen LogP) is 3.65. The number of nitrogens with zero attached hydrogens (tertiary/aromatic N) is 1. The fraction of sp³-hybridized carbons (Fsp3) is 0.467. The first-order valence-corrected chi connectivity index (χ1v) is 7.48. The highest BCUT2D eigenvalue weighted by molar-refractivity contribution is 6.31. The number of rotatable bonds is 0. The zero-order valence-corrected chi connectivity index (χ0v) is 13.4. The summed E-state index contributed by atoms with van der Waals surface area (Å²) < 4.78 is 20.1. The van der Waals surface area contributed by atoms with E-state index in [9.17, 15) is 19.1 Å². The van der Waals surface area contributed by atoms with Crippen LogP contribution in [0.5, 0.6) is 0 Å². The van der Waals surface area contributed by atoms with Crippen molar-refractivity contribution >= 4 is 29.5 Å². The van der Waals surface area contributed by atoms with E-state index in [0.29, 0.717) is 6.42 Å². The molecular formula is C15H16ClFN2O4. The molecule has 2 aliphatic heterocycles. The first-order chi connectivity index (χ1) is 10.6. The molecule has 2 N–H and O–H groups in total. The molecule has 1 saturated heterocycles. The second kappa shape index (κ2) is 4.99. The minimum absolute atomic E-state index is 0.101. The third kappa shape index (κ3) is 2.59. The topological polar surface area (TPSA) is 78.9 Å². The van der Waals surface area contributed by atoms with Gasteiger partial charge >= 0.3 is 12.2 Å². The highest BCUT2D eigenvalue weighted by atomic mass is 35.5. The van der Waals surface area contributed by atoms with E-state index in [-0.39, 0.29) is 29.4 Å². The Morgan fingerprint density at radius 3 is 2.78 bits per heavy atom. The van der Waals surface area contributed by atoms with E-state index in [0.717, 1.165) is 4.90 Å². The van der Waals surface area contributed by atoms with Crippen LogP contribution in [0.4, 0.5) is 19.7 Å². The molecule has 0 aliphatic carbocycles. The number of amides is 2. The number of likely N-dealkylation sites (tertiary alicyclic amines) is 1. The van der Waals surface area contributed by atoms with Crippen molar-refractivity contribution in [2.75, 3.05) is 18.4 Å². The van der Waals surface area contributed by atoms with Gasteiger partial charge in [-0.2, -0.15) is 0 Å². The molecule has 23 heavy (non-hydrogen) atoms. The molecule has 1 aromatic rings. The van der Waals surface area contributed by atoms with Crippen LogP contribution in [-0.2, 0) is 10.3 Å². The molecular weight excluding hydrogens is 327 g/mol. The Kier molecular flexibility index (Phi) is 3.44. The number of halogens is 2. The van der Waals surface area contributed by atoms with Gasteiger partial charge in [0.25, 0.3) is 0 Å². The molecule has 2 amide bonds. The largest absolute Gasteiger partial charge is 0.465 e. The molecule has 2 aliphatic rings. The van der Waals surface area contributed by atoms with Crippen LogP contribution in [0.25, 0.3) is 0 Å². The first kappa shape index (κ1) is 15.9. The number of hydrogen-bond donors (Lipinski definition) is 2. The number of nitrogens with one attached hydrogen (secondary N) is 1. The van der Waals surface area contributed by atoms with Crippen LogP contribution in [0.2, 0.25) is 5.02 Å². The van der Waals surface area contributed by atoms with E-state index in [1.54, 1.807) is 0 Å². The lowest BCUT2D eigenvalue weighted by Crippen LogP contribution is -2.58. The lowest BCUT2D eigenvalue weighted by molar-refractivity contribution is -0.0813. The number of ether oxygens (including phenoxy) is 1. The van der Waals surface area contributed by atoms with Gasteiger partial charge in [0.05, 0.1) is 22.8 Å². The monoisotopic (exact) mass is 342 g/mol. The summed E-state index contributed by atoms with van der Waals surface area (Å²) in [5.74, 6) is -0.702. The summed E-state index contributed by atoms with van der Waals surface area (Å²) in [5.41, 5.74) is -1.54. The van der Waals surface area contributed by atoms with Gasteiger partial charge in [-0.25, -0.2) is 14.0 Å². The maximum atomic E-state index is 14.7. The van der Waals surface area contributed by atoms with Gasteiger partial charge in [0.2, 0.25) is 0 Å². The molecule has 1 atom stereocenters. The summed E-state index contributed by atoms with van der Waals surface area (Å²) in [6, 6.07) is 2.84. The Hall–Kier alpha value is -2.02. The maximum Gasteiger partial charge on any atom is 0.412 e. The lowest BCUT2D eigenvalue weighted by atomic mass is 9.72. The molecule has 0 saturated carbocycles. The quantitative estimate of drug-likeness (QED) is 0.754. The van der Waals surface area contributed by atoms with Crippen molar-refractivity contribution in [1.82, 2.24) is 4.90 Å².